The second kappa shape index (κ2) is 7.37. The van der Waals surface area contributed by atoms with E-state index in [4.69, 9.17) is 4.74 Å². The Morgan fingerprint density at radius 2 is 1.85 bits per heavy atom. The molecule has 0 unspecified atom stereocenters. The zero-order valence-electron chi connectivity index (χ0n) is 14.2. The Morgan fingerprint density at radius 3 is 2.58 bits per heavy atom. The van der Waals surface area contributed by atoms with Crippen molar-refractivity contribution in [3.63, 3.8) is 0 Å². The van der Waals surface area contributed by atoms with Gasteiger partial charge in [-0.05, 0) is 30.3 Å². The molecule has 0 radical (unpaired) electrons. The van der Waals surface area contributed by atoms with E-state index in [0.29, 0.717) is 24.6 Å². The number of morpholine rings is 1. The van der Waals surface area contributed by atoms with Crippen LogP contribution in [-0.2, 0) is 4.74 Å². The number of pyridine rings is 1. The average Bonchev–Trinajstić information content (AvgIpc) is 3.20. The quantitative estimate of drug-likeness (QED) is 0.783. The number of amides is 1. The average molecular weight is 349 g/mol. The van der Waals surface area contributed by atoms with Gasteiger partial charge in [-0.15, -0.1) is 0 Å². The fourth-order valence-corrected chi connectivity index (χ4v) is 2.80. The van der Waals surface area contributed by atoms with Gasteiger partial charge in [0.05, 0.1) is 30.8 Å². The highest BCUT2D eigenvalue weighted by Gasteiger charge is 2.14. The number of benzene rings is 1. The number of hydrogen-bond acceptors (Lipinski definition) is 5. The van der Waals surface area contributed by atoms with Crippen LogP contribution in [0.3, 0.4) is 0 Å². The molecule has 1 N–H and O–H groups in total. The van der Waals surface area contributed by atoms with Crippen LogP contribution in [0.1, 0.15) is 10.5 Å². The summed E-state index contributed by atoms with van der Waals surface area (Å²) in [7, 11) is 0. The third-order valence-corrected chi connectivity index (χ3v) is 4.18. The molecule has 1 aromatic carbocycles. The van der Waals surface area contributed by atoms with Crippen LogP contribution >= 0.6 is 0 Å². The number of hydrogen-bond donors (Lipinski definition) is 1. The minimum atomic E-state index is -0.263. The Kier molecular flexibility index (Phi) is 4.61. The molecule has 7 heteroatoms. The van der Waals surface area contributed by atoms with E-state index < -0.39 is 0 Å². The first-order valence-corrected chi connectivity index (χ1v) is 8.51. The molecule has 4 rings (SSSR count). The van der Waals surface area contributed by atoms with E-state index in [1.807, 2.05) is 42.5 Å². The summed E-state index contributed by atoms with van der Waals surface area (Å²) < 4.78 is 7.02. The van der Waals surface area contributed by atoms with Crippen molar-refractivity contribution in [1.29, 1.82) is 0 Å². The topological polar surface area (TPSA) is 72.3 Å². The molecule has 1 aliphatic heterocycles. The van der Waals surface area contributed by atoms with Gasteiger partial charge in [0, 0.05) is 19.3 Å². The van der Waals surface area contributed by atoms with Crippen molar-refractivity contribution in [1.82, 2.24) is 14.8 Å². The molecule has 0 spiro atoms. The van der Waals surface area contributed by atoms with Crippen LogP contribution in [0.4, 0.5) is 11.5 Å². The monoisotopic (exact) mass is 349 g/mol. The Balaban J connectivity index is 1.42. The highest BCUT2D eigenvalue weighted by Crippen LogP contribution is 2.16. The van der Waals surface area contributed by atoms with Crippen LogP contribution in [0.2, 0.25) is 0 Å². The van der Waals surface area contributed by atoms with Gasteiger partial charge in [0.2, 0.25) is 0 Å². The number of nitrogens with one attached hydrogen (secondary N) is 1. The zero-order chi connectivity index (χ0) is 17.8. The summed E-state index contributed by atoms with van der Waals surface area (Å²) in [5, 5.41) is 7.16. The summed E-state index contributed by atoms with van der Waals surface area (Å²) in [5.74, 6) is 0.625. The first kappa shape index (κ1) is 16.3. The lowest BCUT2D eigenvalue weighted by Crippen LogP contribution is -2.36. The summed E-state index contributed by atoms with van der Waals surface area (Å²) in [5.41, 5.74) is 1.90. The first-order chi connectivity index (χ1) is 12.8. The largest absolute Gasteiger partial charge is 0.378 e. The van der Waals surface area contributed by atoms with Crippen LogP contribution in [0, 0.1) is 0 Å². The molecule has 0 saturated carbocycles. The van der Waals surface area contributed by atoms with E-state index in [1.165, 1.54) is 0 Å². The lowest BCUT2D eigenvalue weighted by atomic mass is 10.3. The molecule has 1 fully saturated rings. The molecule has 0 bridgehead atoms. The normalized spacial score (nSPS) is 14.2. The molecule has 2 aromatic heterocycles. The molecule has 132 valence electrons. The van der Waals surface area contributed by atoms with Gasteiger partial charge in [-0.3, -0.25) is 4.79 Å². The smallest absolute Gasteiger partial charge is 0.276 e. The lowest BCUT2D eigenvalue weighted by Gasteiger charge is -2.27. The van der Waals surface area contributed by atoms with Crippen LogP contribution in [-0.4, -0.2) is 47.0 Å². The fraction of sp³-hybridized carbons (Fsp3) is 0.211. The van der Waals surface area contributed by atoms with Crippen molar-refractivity contribution >= 4 is 17.4 Å². The Hall–Kier alpha value is -3.19. The van der Waals surface area contributed by atoms with Crippen molar-refractivity contribution < 1.29 is 9.53 Å². The summed E-state index contributed by atoms with van der Waals surface area (Å²) >= 11 is 0. The SMILES string of the molecule is O=C(Nc1ccc(N2CCOCC2)nc1)c1ccn(-c2ccccc2)n1. The first-order valence-electron chi connectivity index (χ1n) is 8.51. The molecular formula is C19H19N5O2. The van der Waals surface area contributed by atoms with E-state index in [1.54, 1.807) is 23.1 Å². The summed E-state index contributed by atoms with van der Waals surface area (Å²) in [6, 6.07) is 15.1. The number of para-hydroxylation sites is 1. The molecule has 1 aliphatic rings. The number of ether oxygens (including phenoxy) is 1. The predicted octanol–water partition coefficient (Wildman–Crippen LogP) is 2.36. The van der Waals surface area contributed by atoms with Gasteiger partial charge in [0.15, 0.2) is 5.69 Å². The van der Waals surface area contributed by atoms with Crippen molar-refractivity contribution in [2.24, 2.45) is 0 Å². The maximum atomic E-state index is 12.4. The van der Waals surface area contributed by atoms with Gasteiger partial charge < -0.3 is 15.0 Å². The molecular weight excluding hydrogens is 330 g/mol. The minimum Gasteiger partial charge on any atom is -0.378 e. The molecule has 26 heavy (non-hydrogen) atoms. The molecule has 1 amide bonds. The van der Waals surface area contributed by atoms with E-state index in [-0.39, 0.29) is 5.91 Å². The van der Waals surface area contributed by atoms with Gasteiger partial charge in [-0.1, -0.05) is 18.2 Å². The van der Waals surface area contributed by atoms with Gasteiger partial charge in [0.25, 0.3) is 5.91 Å². The number of aromatic nitrogens is 3. The molecule has 3 heterocycles. The van der Waals surface area contributed by atoms with Crippen LogP contribution in [0.5, 0.6) is 0 Å². The lowest BCUT2D eigenvalue weighted by molar-refractivity contribution is 0.102. The number of rotatable bonds is 4. The van der Waals surface area contributed by atoms with Crippen molar-refractivity contribution in [3.05, 3.63) is 66.6 Å². The van der Waals surface area contributed by atoms with Gasteiger partial charge in [-0.2, -0.15) is 5.10 Å². The Bertz CT molecular complexity index is 870. The predicted molar refractivity (Wildman–Crippen MR) is 98.8 cm³/mol. The number of carbonyl (C=O) groups excluding carboxylic acids is 1. The van der Waals surface area contributed by atoms with Crippen LogP contribution in [0.15, 0.2) is 60.9 Å². The van der Waals surface area contributed by atoms with E-state index in [0.717, 1.165) is 24.6 Å². The van der Waals surface area contributed by atoms with Crippen molar-refractivity contribution in [2.75, 3.05) is 36.5 Å². The number of carbonyl (C=O) groups is 1. The summed E-state index contributed by atoms with van der Waals surface area (Å²) in [6.07, 6.45) is 3.43. The highest BCUT2D eigenvalue weighted by atomic mass is 16.5. The van der Waals surface area contributed by atoms with Gasteiger partial charge >= 0.3 is 0 Å². The van der Waals surface area contributed by atoms with Crippen molar-refractivity contribution in [3.8, 4) is 5.69 Å². The molecule has 7 nitrogen and oxygen atoms in total. The minimum absolute atomic E-state index is 0.263. The third kappa shape index (κ3) is 3.57. The van der Waals surface area contributed by atoms with E-state index in [2.05, 4.69) is 20.3 Å². The number of nitrogens with zero attached hydrogens (tertiary/aromatic N) is 4. The maximum Gasteiger partial charge on any atom is 0.276 e. The van der Waals surface area contributed by atoms with E-state index in [9.17, 15) is 4.79 Å². The molecule has 0 atom stereocenters. The zero-order valence-corrected chi connectivity index (χ0v) is 14.2. The molecule has 1 saturated heterocycles. The van der Waals surface area contributed by atoms with Gasteiger partial charge in [0.1, 0.15) is 5.82 Å². The third-order valence-electron chi connectivity index (χ3n) is 4.18. The fourth-order valence-electron chi connectivity index (χ4n) is 2.80. The second-order valence-corrected chi connectivity index (χ2v) is 5.94. The Labute approximate surface area is 151 Å². The standard InChI is InChI=1S/C19H19N5O2/c25-19(17-8-9-24(22-17)16-4-2-1-3-5-16)21-15-6-7-18(20-14-15)23-10-12-26-13-11-23/h1-9,14H,10-13H2,(H,21,25). The maximum absolute atomic E-state index is 12.4. The van der Waals surface area contributed by atoms with Crippen LogP contribution < -0.4 is 10.2 Å². The van der Waals surface area contributed by atoms with E-state index >= 15 is 0 Å². The number of anilines is 2. The van der Waals surface area contributed by atoms with Crippen LogP contribution in [0.25, 0.3) is 5.69 Å². The Morgan fingerprint density at radius 1 is 1.04 bits per heavy atom. The van der Waals surface area contributed by atoms with Gasteiger partial charge in [-0.25, -0.2) is 9.67 Å². The molecule has 3 aromatic rings. The second-order valence-electron chi connectivity index (χ2n) is 5.94. The van der Waals surface area contributed by atoms with Crippen molar-refractivity contribution in [2.45, 2.75) is 0 Å². The molecule has 0 aliphatic carbocycles. The summed E-state index contributed by atoms with van der Waals surface area (Å²) in [4.78, 5) is 19.0. The highest BCUT2D eigenvalue weighted by molar-refractivity contribution is 6.02. The summed E-state index contributed by atoms with van der Waals surface area (Å²) in [6.45, 7) is 3.08.